The lowest BCUT2D eigenvalue weighted by molar-refractivity contribution is -0.235. The van der Waals surface area contributed by atoms with Gasteiger partial charge in [-0.1, -0.05) is 83.6 Å². The van der Waals surface area contributed by atoms with Crippen molar-refractivity contribution in [3.05, 3.63) is 11.8 Å². The van der Waals surface area contributed by atoms with E-state index in [1.54, 1.807) is 0 Å². The van der Waals surface area contributed by atoms with Gasteiger partial charge in [0.1, 0.15) is 60.7 Å². The highest BCUT2D eigenvalue weighted by atomic mass is 16.6. The van der Waals surface area contributed by atoms with Gasteiger partial charge < -0.3 is 63.4 Å². The summed E-state index contributed by atoms with van der Waals surface area (Å²) in [5.74, 6) is -8.71. The van der Waals surface area contributed by atoms with Gasteiger partial charge in [0, 0.05) is 93.0 Å². The van der Waals surface area contributed by atoms with E-state index in [4.69, 9.17) is 43.0 Å². The van der Waals surface area contributed by atoms with Crippen molar-refractivity contribution < 1.29 is 102 Å². The second kappa shape index (κ2) is 21.3. The van der Waals surface area contributed by atoms with Crippen LogP contribution < -0.4 is 0 Å². The highest BCUT2D eigenvalue weighted by Crippen LogP contribution is 2.80. The summed E-state index contributed by atoms with van der Waals surface area (Å²) in [6, 6.07) is 0. The fourth-order valence-corrected chi connectivity index (χ4v) is 25.4. The molecule has 0 aromatic heterocycles. The van der Waals surface area contributed by atoms with E-state index in [1.807, 2.05) is 33.8 Å². The standard InChI is InChI=1S/C34H48O10.C34H46O10.CH4O.CH4/c2*1-12-10-19-33(8,34(9,40)30(39)44-19)24-21(12)31(6)14(3)13(2)22-20(23(31)28(24)41-15(4)35)26(38)25(37)17-11-18-27(43-18)29(32(17,22)7)42-16(5)36;1-2;/h12-14,17-24,26-29,38,40H,10-11H2,1-9H3;10,12-14,17-18,20-24,26-29,38,40H,11H2,1-9H3;2H,1H3;1H4/t12-,13-,14+,17-,18+,19?,20-,21+,22?,23-,24+,26-,27+,28-,29+,31-,32+,33+,34-;12-,13-,14+,17-,18+,20-,21+,22?,23-,24+,26-,27+,28-,29+,31-,32+,33+,34-;;/m11../s1. The van der Waals surface area contributed by atoms with Crippen LogP contribution in [0.4, 0.5) is 0 Å². The molecule has 0 bridgehead atoms. The zero-order valence-corrected chi connectivity index (χ0v) is 55.7. The molecule has 14 aliphatic rings. The molecule has 3 unspecified atom stereocenters. The highest BCUT2D eigenvalue weighted by molar-refractivity contribution is 5.89. The van der Waals surface area contributed by atoms with Crippen molar-refractivity contribution in [1.29, 1.82) is 0 Å². The molecule has 5 N–H and O–H groups in total. The Hall–Kier alpha value is -4.38. The Morgan fingerprint density at radius 2 is 0.923 bits per heavy atom. The monoisotopic (exact) mass is 1280 g/mol. The maximum absolute atomic E-state index is 14.3. The lowest BCUT2D eigenvalue weighted by Gasteiger charge is -2.66. The molecule has 13 fully saturated rings. The molecular weight excluding hydrogens is 1180 g/mol. The van der Waals surface area contributed by atoms with Gasteiger partial charge in [-0.3, -0.25) is 28.8 Å². The molecule has 14 rings (SSSR count). The number of Topliss-reactive ketones (excluding diaryl/α,β-unsaturated/α-hetero) is 2. The predicted molar refractivity (Wildman–Crippen MR) is 321 cm³/mol. The maximum Gasteiger partial charge on any atom is 0.343 e. The molecular formula is C70H102O21. The summed E-state index contributed by atoms with van der Waals surface area (Å²) in [4.78, 5) is 106. The van der Waals surface area contributed by atoms with Crippen molar-refractivity contribution in [3.8, 4) is 0 Å². The molecule has 0 radical (unpaired) electrons. The number of hydrogen-bond donors (Lipinski definition) is 5. The number of epoxide rings is 2. The molecule has 10 aliphatic carbocycles. The fraction of sp³-hybridized carbons (Fsp3) is 0.857. The number of carbonyl (C=O) groups is 8. The molecule has 9 saturated carbocycles. The van der Waals surface area contributed by atoms with Crippen molar-refractivity contribution in [2.45, 2.75) is 230 Å². The summed E-state index contributed by atoms with van der Waals surface area (Å²) in [7, 11) is 1.00. The van der Waals surface area contributed by atoms with Gasteiger partial charge in [-0.05, 0) is 116 Å². The van der Waals surface area contributed by atoms with Crippen molar-refractivity contribution in [3.63, 3.8) is 0 Å². The van der Waals surface area contributed by atoms with Crippen molar-refractivity contribution >= 4 is 47.4 Å². The molecule has 21 heteroatoms. The summed E-state index contributed by atoms with van der Waals surface area (Å²) in [6.45, 7) is 33.6. The summed E-state index contributed by atoms with van der Waals surface area (Å²) < 4.78 is 48.2. The average Bonchev–Trinajstić information content (AvgIpc) is 1.52. The van der Waals surface area contributed by atoms with Crippen LogP contribution in [-0.4, -0.2) is 158 Å². The van der Waals surface area contributed by atoms with Gasteiger partial charge in [-0.25, -0.2) is 9.59 Å². The first-order chi connectivity index (χ1) is 41.7. The Morgan fingerprint density at radius 1 is 0.516 bits per heavy atom. The molecule has 21 nitrogen and oxygen atoms in total. The molecule has 508 valence electrons. The Kier molecular flexibility index (Phi) is 15.9. The average molecular weight is 1280 g/mol. The van der Waals surface area contributed by atoms with E-state index in [0.29, 0.717) is 25.0 Å². The second-order valence-corrected chi connectivity index (χ2v) is 32.4. The summed E-state index contributed by atoms with van der Waals surface area (Å²) >= 11 is 0. The largest absolute Gasteiger partial charge is 0.462 e. The van der Waals surface area contributed by atoms with Gasteiger partial charge in [0.15, 0.2) is 22.8 Å². The summed E-state index contributed by atoms with van der Waals surface area (Å²) in [5.41, 5.74) is -8.75. The van der Waals surface area contributed by atoms with E-state index < -0.39 is 170 Å². The maximum atomic E-state index is 14.3. The Bertz CT molecular complexity index is 3040. The zero-order chi connectivity index (χ0) is 66.4. The number of ether oxygens (including phenoxy) is 8. The first-order valence-corrected chi connectivity index (χ1v) is 33.2. The normalized spacial score (nSPS) is 57.2. The third-order valence-electron chi connectivity index (χ3n) is 29.5. The number of rotatable bonds is 4. The Balaban J connectivity index is 0.000000180. The molecule has 0 amide bonds. The zero-order valence-electron chi connectivity index (χ0n) is 55.7. The summed E-state index contributed by atoms with van der Waals surface area (Å²) in [5, 5.41) is 54.9. The molecule has 0 aromatic rings. The number of allylic oxidation sites excluding steroid dienone is 1. The number of hydrogen-bond acceptors (Lipinski definition) is 21. The minimum atomic E-state index is -1.89. The van der Waals surface area contributed by atoms with Gasteiger partial charge in [0.25, 0.3) is 0 Å². The van der Waals surface area contributed by atoms with Gasteiger partial charge in [0.05, 0.1) is 23.0 Å². The third-order valence-corrected chi connectivity index (χ3v) is 29.5. The topological polar surface area (TPSA) is 318 Å². The number of aliphatic hydroxyl groups excluding tert-OH is 3. The van der Waals surface area contributed by atoms with Crippen LogP contribution in [0.25, 0.3) is 0 Å². The van der Waals surface area contributed by atoms with E-state index in [-0.39, 0.29) is 103 Å². The van der Waals surface area contributed by atoms with Gasteiger partial charge in [-0.15, -0.1) is 0 Å². The van der Waals surface area contributed by atoms with Gasteiger partial charge in [0.2, 0.25) is 0 Å². The van der Waals surface area contributed by atoms with Crippen LogP contribution in [0.15, 0.2) is 11.8 Å². The Morgan fingerprint density at radius 3 is 1.34 bits per heavy atom. The van der Waals surface area contributed by atoms with Crippen LogP contribution in [0.1, 0.15) is 151 Å². The van der Waals surface area contributed by atoms with E-state index in [2.05, 4.69) is 55.4 Å². The van der Waals surface area contributed by atoms with E-state index >= 15 is 0 Å². The minimum absolute atomic E-state index is 0. The second-order valence-electron chi connectivity index (χ2n) is 32.4. The number of fused-ring (bicyclic) bond motifs is 20. The smallest absolute Gasteiger partial charge is 0.343 e. The molecule has 4 saturated heterocycles. The SMILES string of the molecule is C.CC(=O)O[C@@H]1[C@H]2[C@H]3C([C@H](C)[C@H](C)[C@]2(C)[C@@H]2[C@@H]1[C@]1(C)C(=C[C@H]2C)OC(=O)[C@@]1(C)O)[C@]1(C)[C@H](C[C@@H]2O[C@@H]2[C@@H]1OC(C)=O)C(=O)[C@@H]3O.CC(=O)O[C@@H]1[C@H]2[C@H]3C([C@H](C)[C@H](C)[C@]2(C)[C@@H]2[C@@H]1[C@]1(C)C(C[C@H]2C)OC(=O)[C@@]1(C)O)[C@]1(C)[C@H](C[C@@H]2O[C@@H]2[C@@H]1OC(C)=O)C(=O)[C@@H]3O.CO. The lowest BCUT2D eigenvalue weighted by atomic mass is 9.38. The van der Waals surface area contributed by atoms with Crippen LogP contribution in [-0.2, 0) is 76.3 Å². The van der Waals surface area contributed by atoms with Crippen molar-refractivity contribution in [2.24, 2.45) is 139 Å². The number of esters is 6. The van der Waals surface area contributed by atoms with E-state index in [9.17, 15) is 58.8 Å². The number of aliphatic hydroxyl groups is 5. The molecule has 4 heterocycles. The van der Waals surface area contributed by atoms with Crippen LogP contribution in [0.3, 0.4) is 0 Å². The number of carbonyl (C=O) groups excluding carboxylic acids is 8. The van der Waals surface area contributed by atoms with Crippen LogP contribution in [0, 0.1) is 139 Å². The van der Waals surface area contributed by atoms with E-state index in [1.165, 1.54) is 41.5 Å². The van der Waals surface area contributed by atoms with Crippen LogP contribution in [0.5, 0.6) is 0 Å². The summed E-state index contributed by atoms with van der Waals surface area (Å²) in [6.07, 6.45) is -3.70. The molecule has 4 aliphatic heterocycles. The predicted octanol–water partition coefficient (Wildman–Crippen LogP) is 5.76. The van der Waals surface area contributed by atoms with Gasteiger partial charge >= 0.3 is 35.8 Å². The first kappa shape index (κ1) is 68.0. The third kappa shape index (κ3) is 8.24. The number of ketones is 2. The van der Waals surface area contributed by atoms with Crippen LogP contribution >= 0.6 is 0 Å². The van der Waals surface area contributed by atoms with Gasteiger partial charge in [-0.2, -0.15) is 0 Å². The molecule has 37 atom stereocenters. The minimum Gasteiger partial charge on any atom is -0.462 e. The van der Waals surface area contributed by atoms with Crippen molar-refractivity contribution in [2.75, 3.05) is 7.11 Å². The molecule has 0 spiro atoms. The highest BCUT2D eigenvalue weighted by Gasteiger charge is 2.85. The first-order valence-electron chi connectivity index (χ1n) is 33.2. The Labute approximate surface area is 534 Å². The lowest BCUT2D eigenvalue weighted by Crippen LogP contribution is -2.70. The molecule has 0 aromatic carbocycles. The van der Waals surface area contributed by atoms with Crippen LogP contribution in [0.2, 0.25) is 0 Å². The molecule has 91 heavy (non-hydrogen) atoms. The quantitative estimate of drug-likeness (QED) is 0.127. The van der Waals surface area contributed by atoms with Crippen molar-refractivity contribution in [1.82, 2.24) is 0 Å². The fourth-order valence-electron chi connectivity index (χ4n) is 25.4. The van der Waals surface area contributed by atoms with E-state index in [0.717, 1.165) is 7.11 Å².